The average Bonchev–Trinajstić information content (AvgIpc) is 3.17. The number of rotatable bonds is 2. The smallest absolute Gasteiger partial charge is 0.318 e. The third-order valence-corrected chi connectivity index (χ3v) is 6.11. The van der Waals surface area contributed by atoms with Crippen LogP contribution in [0.15, 0.2) is 60.7 Å². The van der Waals surface area contributed by atoms with Crippen molar-refractivity contribution < 1.29 is 19.1 Å². The van der Waals surface area contributed by atoms with Crippen LogP contribution < -0.4 is 0 Å². The monoisotopic (exact) mass is 344 g/mol. The number of carbonyl (C=O) groups excluding carboxylic acids is 3. The lowest BCUT2D eigenvalue weighted by atomic mass is 9.66. The van der Waals surface area contributed by atoms with Gasteiger partial charge in [-0.15, -0.1) is 0 Å². The molecule has 1 aliphatic heterocycles. The number of carbonyl (C=O) groups is 3. The van der Waals surface area contributed by atoms with Gasteiger partial charge in [0.25, 0.3) is 0 Å². The molecule has 5 rings (SSSR count). The van der Waals surface area contributed by atoms with E-state index in [4.69, 9.17) is 4.74 Å². The van der Waals surface area contributed by atoms with Crippen LogP contribution in [0, 0.1) is 23.2 Å². The lowest BCUT2D eigenvalue weighted by molar-refractivity contribution is -0.156. The fourth-order valence-corrected chi connectivity index (χ4v) is 5.10. The van der Waals surface area contributed by atoms with Crippen LogP contribution in [-0.2, 0) is 19.1 Å². The molecule has 26 heavy (non-hydrogen) atoms. The van der Waals surface area contributed by atoms with Gasteiger partial charge in [-0.3, -0.25) is 14.4 Å². The first kappa shape index (κ1) is 15.3. The molecule has 4 nitrogen and oxygen atoms in total. The van der Waals surface area contributed by atoms with Crippen LogP contribution in [-0.4, -0.2) is 17.7 Å². The number of esters is 2. The normalized spacial score (nSPS) is 32.2. The summed E-state index contributed by atoms with van der Waals surface area (Å²) >= 11 is 0. The maximum atomic E-state index is 13.4. The van der Waals surface area contributed by atoms with E-state index in [1.807, 2.05) is 60.7 Å². The first-order valence-corrected chi connectivity index (χ1v) is 8.70. The summed E-state index contributed by atoms with van der Waals surface area (Å²) in [6.07, 6.45) is 0. The molecule has 128 valence electrons. The molecule has 1 saturated heterocycles. The molecule has 2 fully saturated rings. The second kappa shape index (κ2) is 5.01. The van der Waals surface area contributed by atoms with Gasteiger partial charge in [0.2, 0.25) is 0 Å². The van der Waals surface area contributed by atoms with E-state index in [9.17, 15) is 14.4 Å². The Morgan fingerprint density at radius 1 is 0.808 bits per heavy atom. The third-order valence-electron chi connectivity index (χ3n) is 6.11. The number of fused-ring (bicyclic) bond motifs is 5. The number of hydrogen-bond donors (Lipinski definition) is 0. The molecule has 0 N–H and O–H groups in total. The first-order chi connectivity index (χ1) is 12.5. The number of ether oxygens (including phenoxy) is 1. The molecule has 0 radical (unpaired) electrons. The highest BCUT2D eigenvalue weighted by Crippen LogP contribution is 2.67. The molecule has 1 saturated carbocycles. The fourth-order valence-electron chi connectivity index (χ4n) is 5.10. The van der Waals surface area contributed by atoms with Crippen LogP contribution in [0.1, 0.15) is 18.1 Å². The van der Waals surface area contributed by atoms with Crippen molar-refractivity contribution >= 4 is 28.9 Å². The van der Waals surface area contributed by atoms with Gasteiger partial charge in [0.1, 0.15) is 0 Å². The summed E-state index contributed by atoms with van der Waals surface area (Å²) in [5.41, 5.74) is 2.50. The van der Waals surface area contributed by atoms with Gasteiger partial charge in [0.05, 0.1) is 23.2 Å². The molecule has 2 aliphatic carbocycles. The lowest BCUT2D eigenvalue weighted by Gasteiger charge is -2.32. The van der Waals surface area contributed by atoms with Crippen LogP contribution in [0.2, 0.25) is 0 Å². The van der Waals surface area contributed by atoms with Crippen molar-refractivity contribution in [3.05, 3.63) is 71.8 Å². The summed E-state index contributed by atoms with van der Waals surface area (Å²) < 4.78 is 4.93. The fraction of sp³-hybridized carbons (Fsp3) is 0.227. The minimum atomic E-state index is -1.04. The Balaban J connectivity index is 1.85. The third kappa shape index (κ3) is 1.66. The molecule has 2 aromatic rings. The van der Waals surface area contributed by atoms with Crippen LogP contribution in [0.3, 0.4) is 0 Å². The predicted molar refractivity (Wildman–Crippen MR) is 94.4 cm³/mol. The van der Waals surface area contributed by atoms with E-state index in [-0.39, 0.29) is 5.78 Å². The van der Waals surface area contributed by atoms with Gasteiger partial charge >= 0.3 is 11.9 Å². The molecule has 0 spiro atoms. The van der Waals surface area contributed by atoms with Crippen molar-refractivity contribution in [1.29, 1.82) is 0 Å². The molecule has 4 atom stereocenters. The Morgan fingerprint density at radius 2 is 1.38 bits per heavy atom. The highest BCUT2D eigenvalue weighted by molar-refractivity contribution is 6.25. The number of hydrogen-bond acceptors (Lipinski definition) is 4. The molecule has 0 aromatic heterocycles. The molecule has 2 bridgehead atoms. The van der Waals surface area contributed by atoms with E-state index >= 15 is 0 Å². The summed E-state index contributed by atoms with van der Waals surface area (Å²) in [6.45, 7) is 1.80. The highest BCUT2D eigenvalue weighted by Gasteiger charge is 2.73. The lowest BCUT2D eigenvalue weighted by Crippen LogP contribution is -2.34. The van der Waals surface area contributed by atoms with Gasteiger partial charge in [-0.25, -0.2) is 0 Å². The van der Waals surface area contributed by atoms with E-state index in [1.54, 1.807) is 6.92 Å². The SMILES string of the molecule is C[C@@]12C(=O)[C@@H](C(c3ccccc3)=C1c1ccccc1)[C@H]1C(=O)OC(=O)[C@@H]12. The zero-order valence-corrected chi connectivity index (χ0v) is 14.1. The van der Waals surface area contributed by atoms with Crippen molar-refractivity contribution in [2.75, 3.05) is 0 Å². The van der Waals surface area contributed by atoms with Crippen molar-refractivity contribution in [1.82, 2.24) is 0 Å². The van der Waals surface area contributed by atoms with Crippen LogP contribution in [0.5, 0.6) is 0 Å². The van der Waals surface area contributed by atoms with E-state index in [1.165, 1.54) is 0 Å². The number of Topliss-reactive ketones (excluding diaryl/α,β-unsaturated/α-hetero) is 1. The number of allylic oxidation sites excluding steroid dienone is 2. The maximum Gasteiger partial charge on any atom is 0.318 e. The van der Waals surface area contributed by atoms with E-state index in [0.717, 1.165) is 22.3 Å². The minimum absolute atomic E-state index is 0.0461. The summed E-state index contributed by atoms with van der Waals surface area (Å²) in [5, 5.41) is 0. The standard InChI is InChI=1S/C22H16O4/c1-22-17(13-10-6-3-7-11-13)14(12-8-4-2-5-9-12)15(19(22)23)16-18(22)21(25)26-20(16)24/h2-11,15-16,18H,1H3/t15-,16+,18+,22+/m0/s1. The number of cyclic esters (lactones) is 2. The molecule has 0 unspecified atom stereocenters. The predicted octanol–water partition coefficient (Wildman–Crippen LogP) is 3.13. The molecule has 0 amide bonds. The number of benzene rings is 2. The topological polar surface area (TPSA) is 60.4 Å². The first-order valence-electron chi connectivity index (χ1n) is 8.70. The van der Waals surface area contributed by atoms with Gasteiger partial charge in [-0.05, 0) is 29.2 Å². The second-order valence-corrected chi connectivity index (χ2v) is 7.31. The van der Waals surface area contributed by atoms with Gasteiger partial charge in [-0.1, -0.05) is 60.7 Å². The van der Waals surface area contributed by atoms with E-state index < -0.39 is 35.1 Å². The van der Waals surface area contributed by atoms with Crippen LogP contribution >= 0.6 is 0 Å². The van der Waals surface area contributed by atoms with Crippen molar-refractivity contribution in [3.8, 4) is 0 Å². The molecular weight excluding hydrogens is 328 g/mol. The zero-order valence-electron chi connectivity index (χ0n) is 14.1. The summed E-state index contributed by atoms with van der Waals surface area (Å²) in [7, 11) is 0. The Hall–Kier alpha value is -3.01. The van der Waals surface area contributed by atoms with Crippen molar-refractivity contribution in [2.24, 2.45) is 23.2 Å². The Labute approximate surface area is 150 Å². The van der Waals surface area contributed by atoms with E-state index in [0.29, 0.717) is 0 Å². The van der Waals surface area contributed by atoms with Gasteiger partial charge in [0.15, 0.2) is 5.78 Å². The van der Waals surface area contributed by atoms with Crippen molar-refractivity contribution in [2.45, 2.75) is 6.92 Å². The van der Waals surface area contributed by atoms with Crippen molar-refractivity contribution in [3.63, 3.8) is 0 Å². The molecule has 1 heterocycles. The largest absolute Gasteiger partial charge is 0.393 e. The summed E-state index contributed by atoms with van der Waals surface area (Å²) in [5.74, 6) is -3.24. The quantitative estimate of drug-likeness (QED) is 0.620. The molecule has 3 aliphatic rings. The molecular formula is C22H16O4. The maximum absolute atomic E-state index is 13.4. The summed E-state index contributed by atoms with van der Waals surface area (Å²) in [4.78, 5) is 38.1. The van der Waals surface area contributed by atoms with Crippen LogP contribution in [0.4, 0.5) is 0 Å². The number of ketones is 1. The van der Waals surface area contributed by atoms with E-state index in [2.05, 4.69) is 0 Å². The second-order valence-electron chi connectivity index (χ2n) is 7.31. The zero-order chi connectivity index (χ0) is 18.1. The van der Waals surface area contributed by atoms with Gasteiger partial charge < -0.3 is 4.74 Å². The van der Waals surface area contributed by atoms with Crippen LogP contribution in [0.25, 0.3) is 11.1 Å². The van der Waals surface area contributed by atoms with Gasteiger partial charge in [0, 0.05) is 0 Å². The summed E-state index contributed by atoms with van der Waals surface area (Å²) in [6, 6.07) is 19.3. The minimum Gasteiger partial charge on any atom is -0.393 e. The molecule has 4 heteroatoms. The highest BCUT2D eigenvalue weighted by atomic mass is 16.6. The Morgan fingerprint density at radius 3 is 2.00 bits per heavy atom. The Bertz CT molecular complexity index is 989. The average molecular weight is 344 g/mol. The van der Waals surface area contributed by atoms with Gasteiger partial charge in [-0.2, -0.15) is 0 Å². The Kier molecular flexibility index (Phi) is 2.94. The molecule has 2 aromatic carbocycles.